The number of benzene rings is 1. The van der Waals surface area contributed by atoms with Crippen LogP contribution in [0.3, 0.4) is 0 Å². The zero-order valence-corrected chi connectivity index (χ0v) is 15.4. The van der Waals surface area contributed by atoms with Crippen molar-refractivity contribution in [2.75, 3.05) is 17.4 Å². The molecule has 1 saturated carbocycles. The number of hydrogen-bond donors (Lipinski definition) is 0. The van der Waals surface area contributed by atoms with Gasteiger partial charge in [-0.1, -0.05) is 50.3 Å². The van der Waals surface area contributed by atoms with Crippen molar-refractivity contribution in [2.45, 2.75) is 69.9 Å². The van der Waals surface area contributed by atoms with Crippen molar-refractivity contribution in [3.05, 3.63) is 29.8 Å². The van der Waals surface area contributed by atoms with Gasteiger partial charge in [-0.25, -0.2) is 4.40 Å². The number of rotatable bonds is 2. The minimum absolute atomic E-state index is 0.624. The number of piperidine rings is 1. The molecule has 3 nitrogen and oxygen atoms in total. The van der Waals surface area contributed by atoms with Gasteiger partial charge >= 0.3 is 0 Å². The summed E-state index contributed by atoms with van der Waals surface area (Å²) in [4.78, 5) is 2.80. The topological polar surface area (TPSA) is 18.8 Å². The average Bonchev–Trinajstić information content (AvgIpc) is 2.61. The first-order valence-corrected chi connectivity index (χ1v) is 10.5. The van der Waals surface area contributed by atoms with Crippen molar-refractivity contribution in [3.8, 4) is 0 Å². The molecule has 0 aromatic heterocycles. The van der Waals surface area contributed by atoms with Crippen molar-refractivity contribution in [1.29, 1.82) is 0 Å². The zero-order valence-electron chi connectivity index (χ0n) is 14.6. The van der Waals surface area contributed by atoms with Crippen LogP contribution in [0.5, 0.6) is 0 Å². The maximum absolute atomic E-state index is 4.51. The molecule has 0 unspecified atom stereocenters. The highest BCUT2D eigenvalue weighted by Crippen LogP contribution is 2.36. The first-order chi connectivity index (χ1) is 11.9. The molecule has 1 aromatic carbocycles. The van der Waals surface area contributed by atoms with Crippen LogP contribution in [0.1, 0.15) is 63.4 Å². The normalized spacial score (nSPS) is 24.4. The monoisotopic (exact) mass is 343 g/mol. The zero-order chi connectivity index (χ0) is 16.2. The third-order valence-corrected chi connectivity index (χ3v) is 6.79. The van der Waals surface area contributed by atoms with Crippen LogP contribution in [0.4, 0.5) is 5.69 Å². The predicted octanol–water partition coefficient (Wildman–Crippen LogP) is 5.07. The maximum atomic E-state index is 4.51. The Morgan fingerprint density at radius 1 is 0.833 bits per heavy atom. The number of likely N-dealkylation sites (tertiary alicyclic amines) is 1. The molecule has 130 valence electrons. The summed E-state index contributed by atoms with van der Waals surface area (Å²) >= 11 is 1.64. The third-order valence-electron chi connectivity index (χ3n) is 5.92. The fourth-order valence-electron chi connectivity index (χ4n) is 4.52. The summed E-state index contributed by atoms with van der Waals surface area (Å²) in [5, 5.41) is 0. The summed E-state index contributed by atoms with van der Waals surface area (Å²) in [5.41, 5.74) is 2.61. The van der Waals surface area contributed by atoms with Gasteiger partial charge in [0.2, 0.25) is 0 Å². The molecule has 4 rings (SSSR count). The molecule has 24 heavy (non-hydrogen) atoms. The largest absolute Gasteiger partial charge is 0.300 e. The van der Waals surface area contributed by atoms with Gasteiger partial charge in [0.05, 0.1) is 17.8 Å². The second kappa shape index (κ2) is 7.92. The van der Waals surface area contributed by atoms with E-state index in [1.54, 1.807) is 12.1 Å². The first-order valence-electron chi connectivity index (χ1n) is 9.74. The Hall–Kier alpha value is -1.00. The number of hydrogen-bond acceptors (Lipinski definition) is 4. The van der Waals surface area contributed by atoms with Gasteiger partial charge in [0.25, 0.3) is 0 Å². The summed E-state index contributed by atoms with van der Waals surface area (Å²) in [6, 6.07) is 10.2. The second-order valence-corrected chi connectivity index (χ2v) is 8.23. The predicted molar refractivity (Wildman–Crippen MR) is 105 cm³/mol. The molecule has 3 aliphatic rings. The van der Waals surface area contributed by atoms with E-state index in [-0.39, 0.29) is 0 Å². The van der Waals surface area contributed by atoms with Crippen molar-refractivity contribution in [1.82, 2.24) is 4.90 Å². The van der Waals surface area contributed by atoms with E-state index in [1.165, 1.54) is 82.1 Å². The fraction of sp³-hybridized carbons (Fsp3) is 0.650. The van der Waals surface area contributed by atoms with E-state index >= 15 is 0 Å². The summed E-state index contributed by atoms with van der Waals surface area (Å²) in [5.74, 6) is 0. The molecule has 0 bridgehead atoms. The smallest absolute Gasteiger partial charge is 0.0932 e. The van der Waals surface area contributed by atoms with Gasteiger partial charge in [0.1, 0.15) is 0 Å². The van der Waals surface area contributed by atoms with Gasteiger partial charge in [-0.3, -0.25) is 4.31 Å². The van der Waals surface area contributed by atoms with Crippen LogP contribution in [-0.2, 0) is 0 Å². The van der Waals surface area contributed by atoms with E-state index < -0.39 is 0 Å². The van der Waals surface area contributed by atoms with E-state index in [9.17, 15) is 0 Å². The summed E-state index contributed by atoms with van der Waals surface area (Å²) in [6.45, 7) is 2.52. The minimum atomic E-state index is 0.624. The molecule has 2 fully saturated rings. The molecule has 0 atom stereocenters. The number of para-hydroxylation sites is 1. The standard InChI is InChI=1S/C20H29N3S/c1-2-4-9-18(10-5-3-1)22-14-12-19(13-15-22)23-20-11-7-6-8-17(20)16-21-24-23/h6-8,11,16,18-19H,1-5,9-10,12-15H2. The van der Waals surface area contributed by atoms with Crippen LogP contribution in [-0.4, -0.2) is 36.3 Å². The molecule has 1 aromatic rings. The summed E-state index contributed by atoms with van der Waals surface area (Å²) in [6.07, 6.45) is 14.6. The van der Waals surface area contributed by atoms with Crippen molar-refractivity contribution < 1.29 is 0 Å². The van der Waals surface area contributed by atoms with Crippen LogP contribution < -0.4 is 4.31 Å². The Kier molecular flexibility index (Phi) is 5.43. The number of nitrogens with zero attached hydrogens (tertiary/aromatic N) is 3. The molecule has 0 radical (unpaired) electrons. The van der Waals surface area contributed by atoms with Gasteiger partial charge < -0.3 is 4.90 Å². The average molecular weight is 344 g/mol. The van der Waals surface area contributed by atoms with Gasteiger partial charge in [0.15, 0.2) is 0 Å². The van der Waals surface area contributed by atoms with Crippen LogP contribution in [0.15, 0.2) is 28.7 Å². The van der Waals surface area contributed by atoms with Crippen molar-refractivity contribution >= 4 is 24.0 Å². The van der Waals surface area contributed by atoms with Gasteiger partial charge in [-0.2, -0.15) is 0 Å². The van der Waals surface area contributed by atoms with Gasteiger partial charge in [-0.05, 0) is 31.7 Å². The van der Waals surface area contributed by atoms with E-state index in [0.717, 1.165) is 6.04 Å². The quantitative estimate of drug-likeness (QED) is 0.699. The lowest BCUT2D eigenvalue weighted by atomic mass is 9.93. The molecule has 1 aliphatic carbocycles. The Bertz CT molecular complexity index is 558. The lowest BCUT2D eigenvalue weighted by molar-refractivity contribution is 0.131. The number of fused-ring (bicyclic) bond motifs is 1. The van der Waals surface area contributed by atoms with Crippen LogP contribution >= 0.6 is 12.1 Å². The molecule has 4 heteroatoms. The third kappa shape index (κ3) is 3.65. The molecular formula is C20H29N3S. The van der Waals surface area contributed by atoms with Crippen LogP contribution in [0.25, 0.3) is 0 Å². The lowest BCUT2D eigenvalue weighted by Gasteiger charge is -2.42. The highest BCUT2D eigenvalue weighted by atomic mass is 32.2. The SMILES string of the molecule is C1=NSN(C2CCN(C3CCCCCCC3)CC2)c2ccccc21. The Labute approximate surface area is 150 Å². The first kappa shape index (κ1) is 16.5. The molecule has 2 aliphatic heterocycles. The highest BCUT2D eigenvalue weighted by Gasteiger charge is 2.30. The van der Waals surface area contributed by atoms with E-state index in [4.69, 9.17) is 0 Å². The summed E-state index contributed by atoms with van der Waals surface area (Å²) < 4.78 is 6.97. The van der Waals surface area contributed by atoms with Crippen LogP contribution in [0.2, 0.25) is 0 Å². The second-order valence-electron chi connectivity index (χ2n) is 7.47. The van der Waals surface area contributed by atoms with Crippen molar-refractivity contribution in [3.63, 3.8) is 0 Å². The molecule has 0 N–H and O–H groups in total. The Morgan fingerprint density at radius 2 is 1.54 bits per heavy atom. The van der Waals surface area contributed by atoms with Gasteiger partial charge in [-0.15, -0.1) is 0 Å². The van der Waals surface area contributed by atoms with Gasteiger partial charge in [0, 0.05) is 37.0 Å². The maximum Gasteiger partial charge on any atom is 0.0932 e. The Morgan fingerprint density at radius 3 is 2.33 bits per heavy atom. The Balaban J connectivity index is 1.37. The fourth-order valence-corrected chi connectivity index (χ4v) is 5.38. The highest BCUT2D eigenvalue weighted by molar-refractivity contribution is 7.99. The molecule has 1 saturated heterocycles. The minimum Gasteiger partial charge on any atom is -0.300 e. The van der Waals surface area contributed by atoms with E-state index in [0.29, 0.717) is 6.04 Å². The van der Waals surface area contributed by atoms with E-state index in [1.807, 2.05) is 6.21 Å². The van der Waals surface area contributed by atoms with E-state index in [2.05, 4.69) is 37.9 Å². The molecular weight excluding hydrogens is 314 g/mol. The molecule has 2 heterocycles. The van der Waals surface area contributed by atoms with Crippen LogP contribution in [0, 0.1) is 0 Å². The number of anilines is 1. The molecule has 0 amide bonds. The van der Waals surface area contributed by atoms with Crippen molar-refractivity contribution in [2.24, 2.45) is 4.40 Å². The molecule has 0 spiro atoms. The summed E-state index contributed by atoms with van der Waals surface area (Å²) in [7, 11) is 0. The lowest BCUT2D eigenvalue weighted by Crippen LogP contribution is -2.47.